The van der Waals surface area contributed by atoms with Crippen LogP contribution in [0.25, 0.3) is 0 Å². The summed E-state index contributed by atoms with van der Waals surface area (Å²) in [6.07, 6.45) is 0. The molecule has 0 fully saturated rings. The van der Waals surface area contributed by atoms with Gasteiger partial charge < -0.3 is 9.84 Å². The Morgan fingerprint density at radius 3 is 2.59 bits per heavy atom. The molecular weight excluding hydrogens is 221 g/mol. The molecule has 17 heavy (non-hydrogen) atoms. The molecule has 0 aliphatic rings. The van der Waals surface area contributed by atoms with Crippen molar-refractivity contribution in [2.45, 2.75) is 26.4 Å². The van der Waals surface area contributed by atoms with Crippen molar-refractivity contribution in [1.82, 2.24) is 4.90 Å². The number of hydrogen-bond donors (Lipinski definition) is 1. The van der Waals surface area contributed by atoms with E-state index >= 15 is 0 Å². The monoisotopic (exact) mass is 241 g/mol. The van der Waals surface area contributed by atoms with Gasteiger partial charge in [-0.05, 0) is 31.5 Å². The van der Waals surface area contributed by atoms with Crippen molar-refractivity contribution in [2.75, 3.05) is 20.3 Å². The maximum absolute atomic E-state index is 13.5. The van der Waals surface area contributed by atoms with Crippen LogP contribution in [0, 0.1) is 5.82 Å². The average Bonchev–Trinajstić information content (AvgIpc) is 2.28. The number of benzene rings is 1. The maximum atomic E-state index is 13.5. The largest absolute Gasteiger partial charge is 0.494 e. The molecule has 0 unspecified atom stereocenters. The van der Waals surface area contributed by atoms with Crippen LogP contribution in [0.5, 0.6) is 5.75 Å². The molecule has 0 bridgehead atoms. The summed E-state index contributed by atoms with van der Waals surface area (Å²) in [5, 5.41) is 8.96. The highest BCUT2D eigenvalue weighted by atomic mass is 19.1. The van der Waals surface area contributed by atoms with Gasteiger partial charge in [0.2, 0.25) is 0 Å². The third-order valence-corrected chi connectivity index (χ3v) is 2.72. The van der Waals surface area contributed by atoms with Crippen molar-refractivity contribution in [3.8, 4) is 5.75 Å². The number of halogens is 1. The van der Waals surface area contributed by atoms with E-state index in [2.05, 4.69) is 18.7 Å². The molecular formula is C13H20FNO2. The lowest BCUT2D eigenvalue weighted by Gasteiger charge is -2.25. The first-order valence-corrected chi connectivity index (χ1v) is 5.75. The Kier molecular flexibility index (Phi) is 5.38. The van der Waals surface area contributed by atoms with Gasteiger partial charge in [-0.3, -0.25) is 4.90 Å². The zero-order chi connectivity index (χ0) is 12.8. The van der Waals surface area contributed by atoms with Crippen LogP contribution in [0.3, 0.4) is 0 Å². The molecule has 0 heterocycles. The normalized spacial score (nSPS) is 11.2. The molecule has 96 valence electrons. The number of nitrogens with zero attached hydrogens (tertiary/aromatic N) is 1. The molecule has 0 saturated carbocycles. The smallest absolute Gasteiger partial charge is 0.165 e. The summed E-state index contributed by atoms with van der Waals surface area (Å²) in [6.45, 7) is 5.42. The number of hydrogen-bond acceptors (Lipinski definition) is 3. The first kappa shape index (κ1) is 13.9. The number of aliphatic hydroxyl groups is 1. The van der Waals surface area contributed by atoms with Crippen LogP contribution in [-0.4, -0.2) is 36.3 Å². The summed E-state index contributed by atoms with van der Waals surface area (Å²) in [4.78, 5) is 2.08. The van der Waals surface area contributed by atoms with E-state index in [4.69, 9.17) is 9.84 Å². The Hall–Kier alpha value is -1.13. The van der Waals surface area contributed by atoms with E-state index in [9.17, 15) is 4.39 Å². The fraction of sp³-hybridized carbons (Fsp3) is 0.538. The molecule has 4 heteroatoms. The second kappa shape index (κ2) is 6.57. The molecule has 1 N–H and O–H groups in total. The van der Waals surface area contributed by atoms with E-state index in [0.717, 1.165) is 5.56 Å². The molecule has 0 amide bonds. The van der Waals surface area contributed by atoms with Crippen molar-refractivity contribution in [3.63, 3.8) is 0 Å². The molecule has 0 spiro atoms. The van der Waals surface area contributed by atoms with Crippen molar-refractivity contribution < 1.29 is 14.2 Å². The predicted molar refractivity (Wildman–Crippen MR) is 65.6 cm³/mol. The summed E-state index contributed by atoms with van der Waals surface area (Å²) < 4.78 is 18.4. The van der Waals surface area contributed by atoms with Crippen LogP contribution < -0.4 is 4.74 Å². The van der Waals surface area contributed by atoms with Gasteiger partial charge in [0.25, 0.3) is 0 Å². The first-order valence-electron chi connectivity index (χ1n) is 5.75. The summed E-state index contributed by atoms with van der Waals surface area (Å²) >= 11 is 0. The maximum Gasteiger partial charge on any atom is 0.165 e. The molecule has 0 atom stereocenters. The van der Waals surface area contributed by atoms with E-state index in [-0.39, 0.29) is 18.2 Å². The molecule has 1 rings (SSSR count). The topological polar surface area (TPSA) is 32.7 Å². The Morgan fingerprint density at radius 2 is 2.12 bits per heavy atom. The number of aliphatic hydroxyl groups excluding tert-OH is 1. The lowest BCUT2D eigenvalue weighted by atomic mass is 10.1. The second-order valence-corrected chi connectivity index (χ2v) is 4.26. The molecule has 1 aromatic carbocycles. The standard InChI is InChI=1S/C13H20FNO2/c1-10(2)15(6-7-16)9-11-4-5-13(17-3)12(14)8-11/h4-5,8,10,16H,6-7,9H2,1-3H3. The fourth-order valence-electron chi connectivity index (χ4n) is 1.69. The lowest BCUT2D eigenvalue weighted by molar-refractivity contribution is 0.159. The Morgan fingerprint density at radius 1 is 1.41 bits per heavy atom. The fourth-order valence-corrected chi connectivity index (χ4v) is 1.69. The summed E-state index contributed by atoms with van der Waals surface area (Å²) in [6, 6.07) is 5.26. The average molecular weight is 241 g/mol. The highest BCUT2D eigenvalue weighted by Gasteiger charge is 2.11. The molecule has 1 aromatic rings. The van der Waals surface area contributed by atoms with Gasteiger partial charge in [-0.15, -0.1) is 0 Å². The lowest BCUT2D eigenvalue weighted by Crippen LogP contribution is -2.32. The van der Waals surface area contributed by atoms with Gasteiger partial charge in [0, 0.05) is 19.1 Å². The van der Waals surface area contributed by atoms with Gasteiger partial charge >= 0.3 is 0 Å². The highest BCUT2D eigenvalue weighted by molar-refractivity contribution is 5.29. The van der Waals surface area contributed by atoms with Crippen LogP contribution in [0.1, 0.15) is 19.4 Å². The minimum atomic E-state index is -0.349. The van der Waals surface area contributed by atoms with E-state index in [0.29, 0.717) is 19.1 Å². The summed E-state index contributed by atoms with van der Waals surface area (Å²) in [7, 11) is 1.45. The summed E-state index contributed by atoms with van der Waals surface area (Å²) in [5.74, 6) is -0.0929. The van der Waals surface area contributed by atoms with Gasteiger partial charge in [-0.25, -0.2) is 4.39 Å². The molecule has 3 nitrogen and oxygen atoms in total. The van der Waals surface area contributed by atoms with Gasteiger partial charge in [0.1, 0.15) is 0 Å². The summed E-state index contributed by atoms with van der Waals surface area (Å²) in [5.41, 5.74) is 0.880. The minimum absolute atomic E-state index is 0.108. The van der Waals surface area contributed by atoms with E-state index in [1.54, 1.807) is 6.07 Å². The predicted octanol–water partition coefficient (Wildman–Crippen LogP) is 2.04. The van der Waals surface area contributed by atoms with Crippen LogP contribution in [-0.2, 0) is 6.54 Å². The van der Waals surface area contributed by atoms with Gasteiger partial charge in [0.05, 0.1) is 13.7 Å². The van der Waals surface area contributed by atoms with E-state index in [1.165, 1.54) is 13.2 Å². The number of ether oxygens (including phenoxy) is 1. The van der Waals surface area contributed by atoms with Crippen molar-refractivity contribution in [2.24, 2.45) is 0 Å². The Bertz CT molecular complexity index is 355. The number of rotatable bonds is 6. The molecule has 0 aliphatic carbocycles. The van der Waals surface area contributed by atoms with Crippen LogP contribution in [0.4, 0.5) is 4.39 Å². The van der Waals surface area contributed by atoms with Gasteiger partial charge in [-0.2, -0.15) is 0 Å². The van der Waals surface area contributed by atoms with E-state index in [1.807, 2.05) is 6.07 Å². The van der Waals surface area contributed by atoms with Gasteiger partial charge in [-0.1, -0.05) is 6.07 Å². The molecule has 0 aliphatic heterocycles. The molecule has 0 saturated heterocycles. The number of methoxy groups -OCH3 is 1. The quantitative estimate of drug-likeness (QED) is 0.827. The van der Waals surface area contributed by atoms with Crippen LogP contribution in [0.15, 0.2) is 18.2 Å². The molecule has 0 aromatic heterocycles. The van der Waals surface area contributed by atoms with Crippen molar-refractivity contribution in [3.05, 3.63) is 29.6 Å². The Labute approximate surface area is 102 Å². The Balaban J connectivity index is 2.76. The second-order valence-electron chi connectivity index (χ2n) is 4.26. The SMILES string of the molecule is COc1ccc(CN(CCO)C(C)C)cc1F. The van der Waals surface area contributed by atoms with E-state index < -0.39 is 0 Å². The van der Waals surface area contributed by atoms with Crippen LogP contribution >= 0.6 is 0 Å². The third-order valence-electron chi connectivity index (χ3n) is 2.72. The van der Waals surface area contributed by atoms with Crippen LogP contribution in [0.2, 0.25) is 0 Å². The zero-order valence-electron chi connectivity index (χ0n) is 10.6. The minimum Gasteiger partial charge on any atom is -0.494 e. The third kappa shape index (κ3) is 3.98. The van der Waals surface area contributed by atoms with Crippen molar-refractivity contribution >= 4 is 0 Å². The molecule has 0 radical (unpaired) electrons. The zero-order valence-corrected chi connectivity index (χ0v) is 10.6. The highest BCUT2D eigenvalue weighted by Crippen LogP contribution is 2.19. The van der Waals surface area contributed by atoms with Crippen molar-refractivity contribution in [1.29, 1.82) is 0 Å². The first-order chi connectivity index (χ1) is 8.08. The van der Waals surface area contributed by atoms with Gasteiger partial charge in [0.15, 0.2) is 11.6 Å².